The molecule has 0 radical (unpaired) electrons. The minimum atomic E-state index is -0.804. The van der Waals surface area contributed by atoms with Gasteiger partial charge in [0.05, 0.1) is 23.5 Å². The van der Waals surface area contributed by atoms with Crippen LogP contribution in [-0.2, 0) is 0 Å². The van der Waals surface area contributed by atoms with Crippen molar-refractivity contribution < 1.29 is 14.3 Å². The van der Waals surface area contributed by atoms with Gasteiger partial charge in [-0.1, -0.05) is 29.8 Å². The third kappa shape index (κ3) is 4.70. The first kappa shape index (κ1) is 20.7. The van der Waals surface area contributed by atoms with E-state index in [1.807, 2.05) is 0 Å². The summed E-state index contributed by atoms with van der Waals surface area (Å²) in [5.41, 5.74) is 0.256. The average Bonchev–Trinajstić information content (AvgIpc) is 2.68. The van der Waals surface area contributed by atoms with E-state index in [9.17, 15) is 19.1 Å². The van der Waals surface area contributed by atoms with Gasteiger partial charge in [-0.25, -0.2) is 4.39 Å². The molecule has 0 aliphatic carbocycles. The quantitative estimate of drug-likeness (QED) is 0.670. The van der Waals surface area contributed by atoms with Crippen LogP contribution < -0.4 is 10.9 Å². The van der Waals surface area contributed by atoms with Gasteiger partial charge in [-0.05, 0) is 50.2 Å². The molecule has 0 unspecified atom stereocenters. The summed E-state index contributed by atoms with van der Waals surface area (Å²) in [6, 6.07) is 12.9. The van der Waals surface area contributed by atoms with Crippen molar-refractivity contribution in [2.45, 2.75) is 26.0 Å². The Labute approximate surface area is 171 Å². The van der Waals surface area contributed by atoms with E-state index < -0.39 is 29.4 Å². The molecular formula is C21H19ClFN3O3. The van der Waals surface area contributed by atoms with E-state index in [1.54, 1.807) is 31.2 Å². The minimum Gasteiger partial charge on any atom is -0.391 e. The van der Waals surface area contributed by atoms with Crippen LogP contribution in [0.1, 0.15) is 24.2 Å². The lowest BCUT2D eigenvalue weighted by molar-refractivity contribution is 0.0871. The summed E-state index contributed by atoms with van der Waals surface area (Å²) < 4.78 is 14.7. The molecule has 150 valence electrons. The number of aliphatic hydroxyl groups is 1. The number of benzene rings is 2. The molecule has 3 rings (SSSR count). The van der Waals surface area contributed by atoms with Gasteiger partial charge in [-0.3, -0.25) is 9.59 Å². The molecule has 0 bridgehead atoms. The molecule has 29 heavy (non-hydrogen) atoms. The zero-order valence-electron chi connectivity index (χ0n) is 15.8. The lowest BCUT2D eigenvalue weighted by Gasteiger charge is -2.17. The van der Waals surface area contributed by atoms with Gasteiger partial charge in [0.1, 0.15) is 11.4 Å². The number of hydrogen-bond acceptors (Lipinski definition) is 4. The molecule has 2 atom stereocenters. The lowest BCUT2D eigenvalue weighted by Crippen LogP contribution is -2.42. The Hall–Kier alpha value is -3.03. The molecule has 8 heteroatoms. The highest BCUT2D eigenvalue weighted by atomic mass is 35.5. The SMILES string of the molecule is C[C@@H](O)[C@@H](C)NC(=O)c1cc(-c2ccc(Cl)cc2)nn(-c2cccc(F)c2)c1=O. The summed E-state index contributed by atoms with van der Waals surface area (Å²) in [5, 5.41) is 17.1. The molecule has 1 aromatic heterocycles. The maximum atomic E-state index is 13.7. The first-order valence-corrected chi connectivity index (χ1v) is 9.29. The van der Waals surface area contributed by atoms with Gasteiger partial charge in [0.15, 0.2) is 0 Å². The van der Waals surface area contributed by atoms with Crippen LogP contribution in [-0.4, -0.2) is 32.9 Å². The van der Waals surface area contributed by atoms with Crippen molar-refractivity contribution in [1.29, 1.82) is 0 Å². The molecule has 3 aromatic rings. The summed E-state index contributed by atoms with van der Waals surface area (Å²) in [5.74, 6) is -1.20. The van der Waals surface area contributed by atoms with E-state index in [4.69, 9.17) is 11.6 Å². The molecule has 0 aliphatic rings. The maximum absolute atomic E-state index is 13.7. The molecular weight excluding hydrogens is 397 g/mol. The first-order valence-electron chi connectivity index (χ1n) is 8.91. The van der Waals surface area contributed by atoms with Crippen LogP contribution in [0.4, 0.5) is 4.39 Å². The Morgan fingerprint density at radius 2 is 1.86 bits per heavy atom. The van der Waals surface area contributed by atoms with Crippen molar-refractivity contribution in [3.8, 4) is 16.9 Å². The second-order valence-corrected chi connectivity index (χ2v) is 7.09. The topological polar surface area (TPSA) is 84.2 Å². The van der Waals surface area contributed by atoms with Crippen LogP contribution in [0.2, 0.25) is 5.02 Å². The van der Waals surface area contributed by atoms with Crippen molar-refractivity contribution >= 4 is 17.5 Å². The van der Waals surface area contributed by atoms with Crippen molar-refractivity contribution in [2.75, 3.05) is 0 Å². The summed E-state index contributed by atoms with van der Waals surface area (Å²) in [7, 11) is 0. The van der Waals surface area contributed by atoms with Crippen LogP contribution in [0, 0.1) is 5.82 Å². The molecule has 1 heterocycles. The fourth-order valence-electron chi connectivity index (χ4n) is 2.61. The van der Waals surface area contributed by atoms with Crippen molar-refractivity contribution in [2.24, 2.45) is 0 Å². The Morgan fingerprint density at radius 1 is 1.17 bits per heavy atom. The molecule has 0 saturated heterocycles. The Balaban J connectivity index is 2.17. The molecule has 2 aromatic carbocycles. The zero-order valence-corrected chi connectivity index (χ0v) is 16.5. The standard InChI is InChI=1S/C21H19ClFN3O3/c1-12(13(2)27)24-20(28)18-11-19(14-6-8-15(22)9-7-14)25-26(21(18)29)17-5-3-4-16(23)10-17/h3-13,27H,1-2H3,(H,24,28)/t12-,13-/m1/s1. The summed E-state index contributed by atoms with van der Waals surface area (Å²) in [4.78, 5) is 25.7. The Morgan fingerprint density at radius 3 is 2.48 bits per heavy atom. The van der Waals surface area contributed by atoms with Gasteiger partial charge >= 0.3 is 0 Å². The van der Waals surface area contributed by atoms with Gasteiger partial charge in [-0.2, -0.15) is 9.78 Å². The fraction of sp³-hybridized carbons (Fsp3) is 0.190. The number of hydrogen-bond donors (Lipinski definition) is 2. The predicted octanol–water partition coefficient (Wildman–Crippen LogP) is 3.19. The van der Waals surface area contributed by atoms with Crippen LogP contribution in [0.25, 0.3) is 16.9 Å². The molecule has 2 N–H and O–H groups in total. The highest BCUT2D eigenvalue weighted by Gasteiger charge is 2.20. The highest BCUT2D eigenvalue weighted by molar-refractivity contribution is 6.30. The van der Waals surface area contributed by atoms with E-state index in [0.717, 1.165) is 10.7 Å². The lowest BCUT2D eigenvalue weighted by atomic mass is 10.1. The van der Waals surface area contributed by atoms with Gasteiger partial charge in [-0.15, -0.1) is 0 Å². The van der Waals surface area contributed by atoms with Crippen molar-refractivity contribution in [3.63, 3.8) is 0 Å². The number of carbonyl (C=O) groups is 1. The Bertz CT molecular complexity index is 1100. The van der Waals surface area contributed by atoms with E-state index in [2.05, 4.69) is 10.4 Å². The molecule has 0 fully saturated rings. The first-order chi connectivity index (χ1) is 13.8. The van der Waals surface area contributed by atoms with Crippen molar-refractivity contribution in [3.05, 3.63) is 81.4 Å². The number of nitrogens with one attached hydrogen (secondary N) is 1. The fourth-order valence-corrected chi connectivity index (χ4v) is 2.73. The smallest absolute Gasteiger partial charge is 0.284 e. The molecule has 0 aliphatic heterocycles. The third-order valence-corrected chi connectivity index (χ3v) is 4.68. The highest BCUT2D eigenvalue weighted by Crippen LogP contribution is 2.20. The number of carbonyl (C=O) groups excluding carboxylic acids is 1. The number of amides is 1. The van der Waals surface area contributed by atoms with Crippen LogP contribution in [0.5, 0.6) is 0 Å². The normalized spacial score (nSPS) is 13.0. The van der Waals surface area contributed by atoms with Crippen LogP contribution in [0.3, 0.4) is 0 Å². The van der Waals surface area contributed by atoms with E-state index in [1.165, 1.54) is 31.2 Å². The Kier molecular flexibility index (Phi) is 6.10. The van der Waals surface area contributed by atoms with Gasteiger partial charge < -0.3 is 10.4 Å². The monoisotopic (exact) mass is 415 g/mol. The third-order valence-electron chi connectivity index (χ3n) is 4.43. The molecule has 0 spiro atoms. The van der Waals surface area contributed by atoms with Gasteiger partial charge in [0.25, 0.3) is 11.5 Å². The number of rotatable bonds is 5. The summed E-state index contributed by atoms with van der Waals surface area (Å²) >= 11 is 5.93. The zero-order chi connectivity index (χ0) is 21.1. The predicted molar refractivity (Wildman–Crippen MR) is 109 cm³/mol. The second kappa shape index (κ2) is 8.55. The maximum Gasteiger partial charge on any atom is 0.284 e. The molecule has 6 nitrogen and oxygen atoms in total. The number of aliphatic hydroxyl groups excluding tert-OH is 1. The second-order valence-electron chi connectivity index (χ2n) is 6.65. The summed E-state index contributed by atoms with van der Waals surface area (Å²) in [6.45, 7) is 3.15. The molecule has 1 amide bonds. The largest absolute Gasteiger partial charge is 0.391 e. The molecule has 0 saturated carbocycles. The van der Waals surface area contributed by atoms with E-state index in [0.29, 0.717) is 16.3 Å². The number of aromatic nitrogens is 2. The minimum absolute atomic E-state index is 0.179. The average molecular weight is 416 g/mol. The van der Waals surface area contributed by atoms with E-state index >= 15 is 0 Å². The van der Waals surface area contributed by atoms with Crippen molar-refractivity contribution in [1.82, 2.24) is 15.1 Å². The van der Waals surface area contributed by atoms with Crippen LogP contribution >= 0.6 is 11.6 Å². The van der Waals surface area contributed by atoms with Gasteiger partial charge in [0.2, 0.25) is 0 Å². The number of nitrogens with zero attached hydrogens (tertiary/aromatic N) is 2. The van der Waals surface area contributed by atoms with E-state index in [-0.39, 0.29) is 11.3 Å². The van der Waals surface area contributed by atoms with Gasteiger partial charge in [0, 0.05) is 10.6 Å². The summed E-state index contributed by atoms with van der Waals surface area (Å²) in [6.07, 6.45) is -0.804. The van der Waals surface area contributed by atoms with Crippen LogP contribution in [0.15, 0.2) is 59.4 Å². The number of halogens is 2.